The van der Waals surface area contributed by atoms with Crippen LogP contribution in [0, 0.1) is 10.1 Å². The van der Waals surface area contributed by atoms with Gasteiger partial charge < -0.3 is 4.52 Å². The summed E-state index contributed by atoms with van der Waals surface area (Å²) < 4.78 is 7.32. The average Bonchev–Trinajstić information content (AvgIpc) is 3.33. The smallest absolute Gasteiger partial charge is 0.271 e. The number of hydrogen-bond acceptors (Lipinski definition) is 9. The number of nitrogens with zero attached hydrogens (tertiary/aromatic N) is 5. The Morgan fingerprint density at radius 2 is 2.19 bits per heavy atom. The lowest BCUT2D eigenvalue weighted by Crippen LogP contribution is -2.18. The Hall–Kier alpha value is -3.05. The number of nitro groups is 1. The summed E-state index contributed by atoms with van der Waals surface area (Å²) in [6, 6.07) is 7.82. The van der Waals surface area contributed by atoms with Crippen molar-refractivity contribution in [3.05, 3.63) is 62.1 Å². The molecule has 0 spiro atoms. The van der Waals surface area contributed by atoms with Gasteiger partial charge in [0.2, 0.25) is 11.7 Å². The highest BCUT2D eigenvalue weighted by atomic mass is 32.2. The molecule has 1 aromatic carbocycles. The van der Waals surface area contributed by atoms with Crippen molar-refractivity contribution in [3.8, 4) is 11.4 Å². The molecule has 0 saturated carbocycles. The van der Waals surface area contributed by atoms with Crippen LogP contribution in [0.2, 0.25) is 0 Å². The minimum atomic E-state index is -0.479. The van der Waals surface area contributed by atoms with E-state index >= 15 is 0 Å². The highest BCUT2D eigenvalue weighted by Crippen LogP contribution is 2.25. The Morgan fingerprint density at radius 1 is 1.33 bits per heavy atom. The van der Waals surface area contributed by atoms with E-state index in [0.29, 0.717) is 32.6 Å². The third kappa shape index (κ3) is 3.34. The number of hydrogen-bond donors (Lipinski definition) is 0. The lowest BCUT2D eigenvalue weighted by Gasteiger charge is -2.05. The molecule has 9 nitrogen and oxygen atoms in total. The van der Waals surface area contributed by atoms with Crippen LogP contribution in [0.5, 0.6) is 0 Å². The topological polar surface area (TPSA) is 117 Å². The third-order valence-electron chi connectivity index (χ3n) is 3.75. The fraction of sp³-hybridized carbons (Fsp3) is 0.125. The number of nitro benzene ring substituents is 1. The van der Waals surface area contributed by atoms with Crippen molar-refractivity contribution in [2.75, 3.05) is 0 Å². The summed E-state index contributed by atoms with van der Waals surface area (Å²) in [6.07, 6.45) is 0. The molecule has 0 aliphatic rings. The molecule has 3 aromatic heterocycles. The molecule has 0 bridgehead atoms. The molecule has 0 amide bonds. The second-order valence-corrected chi connectivity index (χ2v) is 7.36. The second-order valence-electron chi connectivity index (χ2n) is 5.50. The Labute approximate surface area is 159 Å². The predicted molar refractivity (Wildman–Crippen MR) is 101 cm³/mol. The first-order chi connectivity index (χ1) is 13.0. The van der Waals surface area contributed by atoms with Crippen molar-refractivity contribution in [1.82, 2.24) is 19.7 Å². The van der Waals surface area contributed by atoms with Gasteiger partial charge in [0.05, 0.1) is 16.2 Å². The van der Waals surface area contributed by atoms with E-state index in [2.05, 4.69) is 15.1 Å². The van der Waals surface area contributed by atoms with E-state index in [0.717, 1.165) is 0 Å². The first-order valence-corrected chi connectivity index (χ1v) is 9.54. The molecule has 11 heteroatoms. The number of thioether (sulfide) groups is 1. The monoisotopic (exact) mass is 401 g/mol. The first kappa shape index (κ1) is 17.4. The minimum absolute atomic E-state index is 0.0449. The highest BCUT2D eigenvalue weighted by molar-refractivity contribution is 7.98. The van der Waals surface area contributed by atoms with Crippen molar-refractivity contribution in [3.63, 3.8) is 0 Å². The molecular formula is C16H11N5O4S2. The van der Waals surface area contributed by atoms with Gasteiger partial charge in [0.1, 0.15) is 4.70 Å². The number of benzene rings is 1. The molecule has 0 aliphatic heterocycles. The lowest BCUT2D eigenvalue weighted by molar-refractivity contribution is -0.384. The van der Waals surface area contributed by atoms with Gasteiger partial charge in [-0.1, -0.05) is 29.1 Å². The summed E-state index contributed by atoms with van der Waals surface area (Å²) in [4.78, 5) is 31.5. The van der Waals surface area contributed by atoms with E-state index in [1.54, 1.807) is 25.2 Å². The molecule has 3 heterocycles. The van der Waals surface area contributed by atoms with Crippen LogP contribution in [0.1, 0.15) is 5.89 Å². The van der Waals surface area contributed by atoms with Crippen LogP contribution in [-0.4, -0.2) is 24.6 Å². The number of thiophene rings is 1. The molecule has 4 rings (SSSR count). The molecule has 27 heavy (non-hydrogen) atoms. The van der Waals surface area contributed by atoms with Gasteiger partial charge in [-0.2, -0.15) is 4.98 Å². The SMILES string of the molecule is Cn1c(SCc2nc(-c3cccc([N+](=O)[O-])c3)no2)nc2ccsc2c1=O. The maximum atomic E-state index is 12.3. The van der Waals surface area contributed by atoms with Crippen LogP contribution >= 0.6 is 23.1 Å². The molecule has 0 aliphatic carbocycles. The number of non-ortho nitro benzene ring substituents is 1. The summed E-state index contributed by atoms with van der Waals surface area (Å²) in [7, 11) is 1.67. The van der Waals surface area contributed by atoms with Crippen LogP contribution in [0.3, 0.4) is 0 Å². The summed E-state index contributed by atoms with van der Waals surface area (Å²) in [6.45, 7) is 0. The van der Waals surface area contributed by atoms with Crippen molar-refractivity contribution < 1.29 is 9.45 Å². The van der Waals surface area contributed by atoms with Crippen molar-refractivity contribution in [1.29, 1.82) is 0 Å². The lowest BCUT2D eigenvalue weighted by atomic mass is 10.2. The molecule has 4 aromatic rings. The van der Waals surface area contributed by atoms with Gasteiger partial charge >= 0.3 is 0 Å². The van der Waals surface area contributed by atoms with Gasteiger partial charge in [0, 0.05) is 24.7 Å². The summed E-state index contributed by atoms with van der Waals surface area (Å²) in [5, 5.41) is 17.1. The van der Waals surface area contributed by atoms with Crippen molar-refractivity contribution in [2.45, 2.75) is 10.9 Å². The van der Waals surface area contributed by atoms with E-state index in [9.17, 15) is 14.9 Å². The van der Waals surface area contributed by atoms with Crippen LogP contribution < -0.4 is 5.56 Å². The zero-order chi connectivity index (χ0) is 19.0. The largest absolute Gasteiger partial charge is 0.338 e. The molecule has 0 saturated heterocycles. The predicted octanol–water partition coefficient (Wildman–Crippen LogP) is 3.25. The number of rotatable bonds is 5. The standard InChI is InChI=1S/C16H11N5O4S2/c1-20-15(22)13-11(5-6-26-13)17-16(20)27-8-12-18-14(19-25-12)9-3-2-4-10(7-9)21(23)24/h2-7H,8H2,1H3. The molecule has 136 valence electrons. The van der Waals surface area contributed by atoms with Gasteiger partial charge in [-0.15, -0.1) is 11.3 Å². The van der Waals surface area contributed by atoms with Gasteiger partial charge in [0.25, 0.3) is 11.2 Å². The number of fused-ring (bicyclic) bond motifs is 1. The number of aromatic nitrogens is 4. The van der Waals surface area contributed by atoms with E-state index < -0.39 is 4.92 Å². The molecule has 0 atom stereocenters. The van der Waals surface area contributed by atoms with Crippen LogP contribution in [0.25, 0.3) is 21.6 Å². The van der Waals surface area contributed by atoms with Crippen molar-refractivity contribution in [2.24, 2.45) is 7.05 Å². The zero-order valence-electron chi connectivity index (χ0n) is 13.9. The maximum Gasteiger partial charge on any atom is 0.271 e. The van der Waals surface area contributed by atoms with Gasteiger partial charge in [-0.05, 0) is 11.4 Å². The normalized spacial score (nSPS) is 11.1. The first-order valence-electron chi connectivity index (χ1n) is 7.67. The Morgan fingerprint density at radius 3 is 3.00 bits per heavy atom. The van der Waals surface area contributed by atoms with Gasteiger partial charge in [-0.3, -0.25) is 19.5 Å². The third-order valence-corrected chi connectivity index (χ3v) is 5.66. The van der Waals surface area contributed by atoms with E-state index in [1.807, 2.05) is 5.38 Å². The summed E-state index contributed by atoms with van der Waals surface area (Å²) in [5.74, 6) is 0.920. The molecule has 0 radical (unpaired) electrons. The highest BCUT2D eigenvalue weighted by Gasteiger charge is 2.15. The Kier molecular flexibility index (Phi) is 4.46. The molecule has 0 N–H and O–H groups in total. The van der Waals surface area contributed by atoms with E-state index in [4.69, 9.17) is 4.52 Å². The Balaban J connectivity index is 1.55. The molecule has 0 unspecified atom stereocenters. The van der Waals surface area contributed by atoms with Crippen LogP contribution in [0.4, 0.5) is 5.69 Å². The van der Waals surface area contributed by atoms with Crippen LogP contribution in [0.15, 0.2) is 50.2 Å². The molecule has 0 fully saturated rings. The Bertz CT molecular complexity index is 1210. The minimum Gasteiger partial charge on any atom is -0.338 e. The summed E-state index contributed by atoms with van der Waals surface area (Å²) in [5.41, 5.74) is 1.01. The molecular weight excluding hydrogens is 390 g/mol. The quantitative estimate of drug-likeness (QED) is 0.216. The average molecular weight is 401 g/mol. The van der Waals surface area contributed by atoms with Crippen LogP contribution in [-0.2, 0) is 12.8 Å². The summed E-state index contributed by atoms with van der Waals surface area (Å²) >= 11 is 2.66. The van der Waals surface area contributed by atoms with E-state index in [-0.39, 0.29) is 17.1 Å². The second kappa shape index (κ2) is 6.93. The van der Waals surface area contributed by atoms with Gasteiger partial charge in [0.15, 0.2) is 5.16 Å². The maximum absolute atomic E-state index is 12.3. The zero-order valence-corrected chi connectivity index (χ0v) is 15.5. The van der Waals surface area contributed by atoms with Crippen molar-refractivity contribution >= 4 is 39.0 Å². The fourth-order valence-corrected chi connectivity index (χ4v) is 4.03. The fourth-order valence-electron chi connectivity index (χ4n) is 2.41. The van der Waals surface area contributed by atoms with Gasteiger partial charge in [-0.25, -0.2) is 4.98 Å². The van der Waals surface area contributed by atoms with E-state index in [1.165, 1.54) is 39.8 Å².